The lowest BCUT2D eigenvalue weighted by Gasteiger charge is -2.16. The molecule has 0 aliphatic carbocycles. The van der Waals surface area contributed by atoms with Crippen LogP contribution in [-0.2, 0) is 20.4 Å². The largest absolute Gasteiger partial charge is 0.478 e. The summed E-state index contributed by atoms with van der Waals surface area (Å²) < 4.78 is 44.0. The van der Waals surface area contributed by atoms with E-state index < -0.39 is 27.7 Å². The molecule has 3 aromatic rings. The Morgan fingerprint density at radius 1 is 1.14 bits per heavy atom. The van der Waals surface area contributed by atoms with Gasteiger partial charge in [0.15, 0.2) is 17.7 Å². The Hall–Kier alpha value is -2.85. The van der Waals surface area contributed by atoms with Crippen molar-refractivity contribution in [1.29, 1.82) is 0 Å². The fourth-order valence-corrected chi connectivity index (χ4v) is 4.76. The van der Waals surface area contributed by atoms with Gasteiger partial charge in [-0.3, -0.25) is 10.1 Å². The van der Waals surface area contributed by atoms with Crippen molar-refractivity contribution in [2.45, 2.75) is 29.5 Å². The van der Waals surface area contributed by atoms with Gasteiger partial charge in [-0.1, -0.05) is 60.7 Å². The Morgan fingerprint density at radius 2 is 1.83 bits per heavy atom. The second-order valence-electron chi connectivity index (χ2n) is 6.05. The summed E-state index contributed by atoms with van der Waals surface area (Å²) in [5.74, 6) is -1.41. The zero-order chi connectivity index (χ0) is 20.9. The number of carbonyl (C=O) groups is 1. The number of hydrogen-bond acceptors (Lipinski definition) is 7. The number of amides is 1. The van der Waals surface area contributed by atoms with Gasteiger partial charge in [-0.05, 0) is 24.1 Å². The summed E-state index contributed by atoms with van der Waals surface area (Å²) in [7, 11) is -3.70. The van der Waals surface area contributed by atoms with Crippen molar-refractivity contribution in [3.8, 4) is 5.75 Å². The van der Waals surface area contributed by atoms with E-state index in [0.717, 1.165) is 11.3 Å². The first-order chi connectivity index (χ1) is 13.9. The minimum atomic E-state index is -3.70. The van der Waals surface area contributed by atoms with Crippen molar-refractivity contribution in [3.05, 3.63) is 66.0 Å². The van der Waals surface area contributed by atoms with E-state index in [1.54, 1.807) is 43.3 Å². The van der Waals surface area contributed by atoms with Crippen LogP contribution in [0.15, 0.2) is 58.9 Å². The molecule has 2 aromatic carbocycles. The van der Waals surface area contributed by atoms with E-state index in [2.05, 4.69) is 15.5 Å². The molecule has 1 amide bonds. The molecule has 10 heteroatoms. The number of halogens is 1. The summed E-state index contributed by atoms with van der Waals surface area (Å²) in [6.45, 7) is 1.71. The molecular weight excluding hydrogens is 417 g/mol. The van der Waals surface area contributed by atoms with Crippen LogP contribution in [0.1, 0.15) is 18.9 Å². The normalized spacial score (nSPS) is 12.3. The van der Waals surface area contributed by atoms with Gasteiger partial charge in [0.2, 0.25) is 19.3 Å². The van der Waals surface area contributed by atoms with Crippen LogP contribution in [0.3, 0.4) is 0 Å². The molecular formula is C19H18FN3O4S2. The quantitative estimate of drug-likeness (QED) is 0.544. The number of nitrogens with one attached hydrogen (secondary N) is 1. The number of anilines is 1. The smallest absolute Gasteiger partial charge is 0.267 e. The Kier molecular flexibility index (Phi) is 6.55. The van der Waals surface area contributed by atoms with Gasteiger partial charge in [0.25, 0.3) is 5.91 Å². The van der Waals surface area contributed by atoms with E-state index in [0.29, 0.717) is 5.56 Å². The van der Waals surface area contributed by atoms with Gasteiger partial charge in [0, 0.05) is 0 Å². The van der Waals surface area contributed by atoms with Crippen molar-refractivity contribution in [1.82, 2.24) is 10.2 Å². The molecule has 0 spiro atoms. The summed E-state index contributed by atoms with van der Waals surface area (Å²) in [5, 5.41) is 9.93. The van der Waals surface area contributed by atoms with Gasteiger partial charge in [-0.15, -0.1) is 10.2 Å². The number of carbonyl (C=O) groups excluding carboxylic acids is 1. The highest BCUT2D eigenvalue weighted by molar-refractivity contribution is 7.92. The van der Waals surface area contributed by atoms with Crippen molar-refractivity contribution in [3.63, 3.8) is 0 Å². The Labute approximate surface area is 171 Å². The van der Waals surface area contributed by atoms with Crippen molar-refractivity contribution in [2.24, 2.45) is 0 Å². The predicted molar refractivity (Wildman–Crippen MR) is 107 cm³/mol. The van der Waals surface area contributed by atoms with Crippen LogP contribution in [-0.4, -0.2) is 30.6 Å². The van der Waals surface area contributed by atoms with Crippen LogP contribution in [0.5, 0.6) is 5.75 Å². The second kappa shape index (κ2) is 9.10. The van der Waals surface area contributed by atoms with Crippen LogP contribution in [0.4, 0.5) is 9.52 Å². The third-order valence-electron chi connectivity index (χ3n) is 3.87. The maximum atomic E-state index is 13.7. The molecule has 0 saturated heterocycles. The molecule has 0 radical (unpaired) electrons. The van der Waals surface area contributed by atoms with Crippen LogP contribution >= 0.6 is 11.3 Å². The molecule has 0 saturated carbocycles. The molecule has 1 atom stereocenters. The molecule has 1 unspecified atom stereocenters. The summed E-state index contributed by atoms with van der Waals surface area (Å²) in [6, 6.07) is 14.5. The molecule has 0 aliphatic heterocycles. The van der Waals surface area contributed by atoms with Gasteiger partial charge in [-0.2, -0.15) is 0 Å². The lowest BCUT2D eigenvalue weighted by Crippen LogP contribution is -2.32. The maximum absolute atomic E-state index is 13.7. The molecule has 0 bridgehead atoms. The van der Waals surface area contributed by atoms with E-state index >= 15 is 0 Å². The summed E-state index contributed by atoms with van der Waals surface area (Å²) >= 11 is 0.753. The van der Waals surface area contributed by atoms with Gasteiger partial charge >= 0.3 is 0 Å². The number of rotatable bonds is 8. The SMILES string of the molecule is CCC(Oc1ccccc1F)C(=O)Nc1nnc(S(=O)(=O)Cc2ccccc2)s1. The van der Waals surface area contributed by atoms with Crippen molar-refractivity contribution < 1.29 is 22.3 Å². The third-order valence-corrected chi connectivity index (χ3v) is 6.84. The van der Waals surface area contributed by atoms with Gasteiger partial charge in [-0.25, -0.2) is 12.8 Å². The molecule has 3 rings (SSSR count). The zero-order valence-electron chi connectivity index (χ0n) is 15.4. The third kappa shape index (κ3) is 5.36. The average Bonchev–Trinajstić information content (AvgIpc) is 3.17. The van der Waals surface area contributed by atoms with Gasteiger partial charge in [0.05, 0.1) is 5.75 Å². The fraction of sp³-hybridized carbons (Fsp3) is 0.211. The Bertz CT molecular complexity index is 1090. The average molecular weight is 436 g/mol. The first-order valence-electron chi connectivity index (χ1n) is 8.71. The molecule has 152 valence electrons. The standard InChI is InChI=1S/C19H18FN3O4S2/c1-2-15(27-16-11-7-6-10-14(16)20)17(24)21-18-22-23-19(28-18)29(25,26)12-13-8-4-3-5-9-13/h3-11,15H,2,12H2,1H3,(H,21,22,24). The topological polar surface area (TPSA) is 98.2 Å². The molecule has 29 heavy (non-hydrogen) atoms. The van der Waals surface area contributed by atoms with E-state index in [1.165, 1.54) is 18.2 Å². The highest BCUT2D eigenvalue weighted by atomic mass is 32.2. The number of nitrogens with zero attached hydrogens (tertiary/aromatic N) is 2. The highest BCUT2D eigenvalue weighted by Crippen LogP contribution is 2.24. The highest BCUT2D eigenvalue weighted by Gasteiger charge is 2.24. The molecule has 0 aliphatic rings. The number of para-hydroxylation sites is 1. The van der Waals surface area contributed by atoms with Crippen LogP contribution in [0, 0.1) is 5.82 Å². The minimum absolute atomic E-state index is 0.0252. The van der Waals surface area contributed by atoms with Crippen molar-refractivity contribution in [2.75, 3.05) is 5.32 Å². The van der Waals surface area contributed by atoms with Gasteiger partial charge < -0.3 is 4.74 Å². The van der Waals surface area contributed by atoms with Gasteiger partial charge in [0.1, 0.15) is 0 Å². The van der Waals surface area contributed by atoms with E-state index in [1.807, 2.05) is 0 Å². The predicted octanol–water partition coefficient (Wildman–Crippen LogP) is 3.45. The second-order valence-corrected chi connectivity index (χ2v) is 9.19. The number of benzene rings is 2. The monoisotopic (exact) mass is 435 g/mol. The molecule has 1 aromatic heterocycles. The van der Waals surface area contributed by atoms with E-state index in [9.17, 15) is 17.6 Å². The fourth-order valence-electron chi connectivity index (χ4n) is 2.44. The maximum Gasteiger partial charge on any atom is 0.267 e. The summed E-state index contributed by atoms with van der Waals surface area (Å²) in [4.78, 5) is 12.4. The summed E-state index contributed by atoms with van der Waals surface area (Å²) in [6.07, 6.45) is -0.696. The molecule has 1 heterocycles. The first-order valence-corrected chi connectivity index (χ1v) is 11.2. The van der Waals surface area contributed by atoms with E-state index in [-0.39, 0.29) is 27.4 Å². The first kappa shape index (κ1) is 20.9. The zero-order valence-corrected chi connectivity index (χ0v) is 17.0. The molecule has 0 fully saturated rings. The van der Waals surface area contributed by atoms with Crippen molar-refractivity contribution >= 4 is 32.2 Å². The number of sulfone groups is 1. The van der Waals surface area contributed by atoms with Crippen LogP contribution < -0.4 is 10.1 Å². The molecule has 1 N–H and O–H groups in total. The lowest BCUT2D eigenvalue weighted by atomic mass is 10.2. The molecule has 7 nitrogen and oxygen atoms in total. The Balaban J connectivity index is 1.68. The Morgan fingerprint density at radius 3 is 2.52 bits per heavy atom. The number of aromatic nitrogens is 2. The number of hydrogen-bond donors (Lipinski definition) is 1. The number of ether oxygens (including phenoxy) is 1. The minimum Gasteiger partial charge on any atom is -0.478 e. The summed E-state index contributed by atoms with van der Waals surface area (Å²) in [5.41, 5.74) is 0.623. The van der Waals surface area contributed by atoms with Crippen LogP contribution in [0.25, 0.3) is 0 Å². The van der Waals surface area contributed by atoms with E-state index in [4.69, 9.17) is 4.74 Å². The lowest BCUT2D eigenvalue weighted by molar-refractivity contribution is -0.122. The van der Waals surface area contributed by atoms with Crippen LogP contribution in [0.2, 0.25) is 0 Å².